The Bertz CT molecular complexity index is 1720. The summed E-state index contributed by atoms with van der Waals surface area (Å²) in [6.07, 6.45) is 16.2. The zero-order valence-electron chi connectivity index (χ0n) is 24.0. The number of anilines is 1. The first-order valence-corrected chi connectivity index (χ1v) is 17.0. The van der Waals surface area contributed by atoms with Gasteiger partial charge in [-0.25, -0.2) is 0 Å². The third-order valence-electron chi connectivity index (χ3n) is 7.81. The number of rotatable bonds is 6. The van der Waals surface area contributed by atoms with Crippen molar-refractivity contribution in [2.24, 2.45) is 5.41 Å². The highest BCUT2D eigenvalue weighted by Crippen LogP contribution is 2.49. The van der Waals surface area contributed by atoms with E-state index in [1.54, 1.807) is 0 Å². The van der Waals surface area contributed by atoms with Gasteiger partial charge in [-0.15, -0.1) is 11.8 Å². The number of aromatic nitrogens is 1. The Labute approximate surface area is 251 Å². The van der Waals surface area contributed by atoms with E-state index in [-0.39, 0.29) is 5.41 Å². The molecule has 2 heterocycles. The van der Waals surface area contributed by atoms with Crippen LogP contribution in [0.5, 0.6) is 0 Å². The fourth-order valence-electron chi connectivity index (χ4n) is 6.02. The predicted molar refractivity (Wildman–Crippen MR) is 179 cm³/mol. The first-order valence-electron chi connectivity index (χ1n) is 14.2. The maximum atomic E-state index is 2.45. The average Bonchev–Trinajstić information content (AvgIpc) is 3.50. The number of hydrogen-bond acceptors (Lipinski definition) is 4. The minimum absolute atomic E-state index is 0.235. The number of thioether (sulfide) groups is 2. The lowest BCUT2D eigenvalue weighted by Crippen LogP contribution is -2.33. The Morgan fingerprint density at radius 3 is 2.65 bits per heavy atom. The molecule has 0 unspecified atom stereocenters. The molecule has 4 aromatic rings. The molecule has 0 bridgehead atoms. The lowest BCUT2D eigenvalue weighted by Gasteiger charge is -2.30. The van der Waals surface area contributed by atoms with Gasteiger partial charge in [-0.05, 0) is 84.6 Å². The van der Waals surface area contributed by atoms with E-state index in [2.05, 4.69) is 128 Å². The molecule has 0 spiro atoms. The zero-order valence-corrected chi connectivity index (χ0v) is 26.5. The Kier molecular flexibility index (Phi) is 7.73. The summed E-state index contributed by atoms with van der Waals surface area (Å²) in [7, 11) is 0. The molecule has 3 aromatic carbocycles. The summed E-state index contributed by atoms with van der Waals surface area (Å²) < 4.78 is 3.80. The van der Waals surface area contributed by atoms with Crippen LogP contribution in [0, 0.1) is 5.41 Å². The first-order chi connectivity index (χ1) is 19.4. The maximum Gasteiger partial charge on any atom is 0.262 e. The molecule has 6 rings (SSSR count). The van der Waals surface area contributed by atoms with Crippen LogP contribution in [0.15, 0.2) is 105 Å². The van der Waals surface area contributed by atoms with Crippen molar-refractivity contribution in [1.29, 1.82) is 0 Å². The van der Waals surface area contributed by atoms with Gasteiger partial charge in [0.1, 0.15) is 11.2 Å². The summed E-state index contributed by atoms with van der Waals surface area (Å²) in [5.41, 5.74) is 5.71. The van der Waals surface area contributed by atoms with Gasteiger partial charge in [-0.2, -0.15) is 4.57 Å². The smallest absolute Gasteiger partial charge is 0.262 e. The molecule has 204 valence electrons. The van der Waals surface area contributed by atoms with Crippen LogP contribution in [-0.4, -0.2) is 12.8 Å². The van der Waals surface area contributed by atoms with E-state index in [1.165, 1.54) is 57.7 Å². The van der Waals surface area contributed by atoms with Gasteiger partial charge in [-0.1, -0.05) is 85.5 Å². The van der Waals surface area contributed by atoms with Gasteiger partial charge in [0.2, 0.25) is 5.52 Å². The SMILES string of the molecule is CCN1C(=CC=C2C=C(C=Cc3sc4cc(SC)ccc4[n+]3CC)CC(C)(C)C2)Sc2c1ccc1ccccc21. The molecule has 1 aliphatic carbocycles. The fourth-order valence-corrected chi connectivity index (χ4v) is 8.96. The molecule has 0 N–H and O–H groups in total. The van der Waals surface area contributed by atoms with E-state index < -0.39 is 0 Å². The minimum Gasteiger partial charge on any atom is -0.335 e. The van der Waals surface area contributed by atoms with Crippen molar-refractivity contribution in [2.45, 2.75) is 56.9 Å². The number of nitrogens with zero attached hydrogens (tertiary/aromatic N) is 2. The van der Waals surface area contributed by atoms with Crippen LogP contribution in [0.3, 0.4) is 0 Å². The van der Waals surface area contributed by atoms with Gasteiger partial charge in [0.25, 0.3) is 5.01 Å². The molecular weight excluding hydrogens is 545 g/mol. The Hall–Kier alpha value is -2.73. The van der Waals surface area contributed by atoms with E-state index in [9.17, 15) is 0 Å². The van der Waals surface area contributed by atoms with Crippen LogP contribution in [0.1, 0.15) is 45.5 Å². The topological polar surface area (TPSA) is 7.12 Å². The van der Waals surface area contributed by atoms with Crippen molar-refractivity contribution in [2.75, 3.05) is 17.7 Å². The van der Waals surface area contributed by atoms with Crippen molar-refractivity contribution in [1.82, 2.24) is 0 Å². The van der Waals surface area contributed by atoms with Gasteiger partial charge in [-0.3, -0.25) is 0 Å². The molecule has 0 saturated heterocycles. The van der Waals surface area contributed by atoms with Crippen LogP contribution >= 0.6 is 34.9 Å². The van der Waals surface area contributed by atoms with Gasteiger partial charge in [0, 0.05) is 28.5 Å². The van der Waals surface area contributed by atoms with E-state index in [1.807, 2.05) is 34.9 Å². The quantitative estimate of drug-likeness (QED) is 0.165. The first kappa shape index (κ1) is 27.4. The van der Waals surface area contributed by atoms with Crippen LogP contribution < -0.4 is 9.47 Å². The molecule has 0 saturated carbocycles. The fraction of sp³-hybridized carbons (Fsp3) is 0.286. The van der Waals surface area contributed by atoms with Gasteiger partial charge < -0.3 is 4.90 Å². The number of allylic oxidation sites excluding steroid dienone is 6. The van der Waals surface area contributed by atoms with Crippen molar-refractivity contribution in [3.8, 4) is 0 Å². The van der Waals surface area contributed by atoms with Crippen LogP contribution in [0.25, 0.3) is 27.1 Å². The molecule has 40 heavy (non-hydrogen) atoms. The number of thiazole rings is 1. The summed E-state index contributed by atoms with van der Waals surface area (Å²) >= 11 is 5.61. The van der Waals surface area contributed by atoms with Crippen molar-refractivity contribution < 1.29 is 4.57 Å². The van der Waals surface area contributed by atoms with Crippen LogP contribution in [0.4, 0.5) is 5.69 Å². The summed E-state index contributed by atoms with van der Waals surface area (Å²) in [5.74, 6) is 0. The number of aryl methyl sites for hydroxylation is 1. The summed E-state index contributed by atoms with van der Waals surface area (Å²) in [6.45, 7) is 11.2. The Balaban J connectivity index is 1.31. The van der Waals surface area contributed by atoms with Gasteiger partial charge >= 0.3 is 0 Å². The highest BCUT2D eigenvalue weighted by atomic mass is 32.2. The highest BCUT2D eigenvalue weighted by Gasteiger charge is 2.27. The third-order valence-corrected chi connectivity index (χ3v) is 10.8. The molecule has 0 amide bonds. The minimum atomic E-state index is 0.235. The maximum absolute atomic E-state index is 2.45. The molecular formula is C35H37N2S3+. The lowest BCUT2D eigenvalue weighted by molar-refractivity contribution is -0.665. The Morgan fingerprint density at radius 2 is 1.85 bits per heavy atom. The van der Waals surface area contributed by atoms with Crippen LogP contribution in [0.2, 0.25) is 0 Å². The molecule has 2 aliphatic rings. The van der Waals surface area contributed by atoms with E-state index in [4.69, 9.17) is 0 Å². The monoisotopic (exact) mass is 581 g/mol. The summed E-state index contributed by atoms with van der Waals surface area (Å²) in [4.78, 5) is 5.16. The summed E-state index contributed by atoms with van der Waals surface area (Å²) in [6, 6.07) is 20.1. The van der Waals surface area contributed by atoms with E-state index in [0.29, 0.717) is 0 Å². The van der Waals surface area contributed by atoms with Crippen molar-refractivity contribution >= 4 is 67.6 Å². The largest absolute Gasteiger partial charge is 0.335 e. The summed E-state index contributed by atoms with van der Waals surface area (Å²) in [5, 5.41) is 5.29. The number of hydrogen-bond donors (Lipinski definition) is 0. The third kappa shape index (κ3) is 5.32. The molecule has 1 aliphatic heterocycles. The van der Waals surface area contributed by atoms with Crippen molar-refractivity contribution in [3.05, 3.63) is 100 Å². The second-order valence-corrected chi connectivity index (χ2v) is 14.3. The zero-order chi connectivity index (χ0) is 27.9. The molecule has 2 nitrogen and oxygen atoms in total. The number of fused-ring (bicyclic) bond motifs is 4. The van der Waals surface area contributed by atoms with Gasteiger partial charge in [0.15, 0.2) is 0 Å². The molecule has 5 heteroatoms. The van der Waals surface area contributed by atoms with Crippen molar-refractivity contribution in [3.63, 3.8) is 0 Å². The predicted octanol–water partition coefficient (Wildman–Crippen LogP) is 10.2. The lowest BCUT2D eigenvalue weighted by atomic mass is 9.75. The van der Waals surface area contributed by atoms with E-state index in [0.717, 1.165) is 25.9 Å². The second kappa shape index (κ2) is 11.3. The average molecular weight is 582 g/mol. The van der Waals surface area contributed by atoms with E-state index >= 15 is 0 Å². The molecule has 0 fully saturated rings. The molecule has 0 radical (unpaired) electrons. The molecule has 0 atom stereocenters. The standard InChI is InChI=1S/C35H37N2S3/c1-6-36-29-17-15-27(38-5)21-31(29)39-32(36)18-12-24-20-25(23-35(3,4)22-24)13-19-33-37(7-2)30-16-14-26-10-8-9-11-28(26)34(30)40-33/h8-21H,6-7,22-23H2,1-5H3/q+1. The second-order valence-electron chi connectivity index (χ2n) is 11.3. The number of benzene rings is 3. The molecule has 1 aromatic heterocycles. The van der Waals surface area contributed by atoms with Crippen LogP contribution in [-0.2, 0) is 6.54 Å². The normalized spacial score (nSPS) is 18.9. The highest BCUT2D eigenvalue weighted by molar-refractivity contribution is 8.04. The Morgan fingerprint density at radius 1 is 1.00 bits per heavy atom. The van der Waals surface area contributed by atoms with Gasteiger partial charge in [0.05, 0.1) is 10.7 Å².